The summed E-state index contributed by atoms with van der Waals surface area (Å²) in [6.07, 6.45) is 3.44. The van der Waals surface area contributed by atoms with Crippen LogP contribution in [0.2, 0.25) is 0 Å². The van der Waals surface area contributed by atoms with E-state index in [4.69, 9.17) is 4.18 Å². The Labute approximate surface area is 140 Å². The number of carbonyl (C=O) groups excluding carboxylic acids is 1. The Morgan fingerprint density at radius 2 is 1.88 bits per heavy atom. The molecule has 0 bridgehead atoms. The number of urea groups is 1. The molecule has 0 radical (unpaired) electrons. The fourth-order valence-corrected chi connectivity index (χ4v) is 3.20. The molecule has 1 N–H and O–H groups in total. The normalized spacial score (nSPS) is 14.4. The summed E-state index contributed by atoms with van der Waals surface area (Å²) in [5.41, 5.74) is 1.47. The van der Waals surface area contributed by atoms with Gasteiger partial charge in [-0.2, -0.15) is 8.42 Å². The molecular formula is C17H16N2O4S. The van der Waals surface area contributed by atoms with Crippen molar-refractivity contribution in [2.24, 2.45) is 0 Å². The molecule has 0 spiro atoms. The van der Waals surface area contributed by atoms with E-state index in [0.29, 0.717) is 12.2 Å². The van der Waals surface area contributed by atoms with Crippen molar-refractivity contribution in [2.75, 3.05) is 11.4 Å². The van der Waals surface area contributed by atoms with E-state index in [9.17, 15) is 13.2 Å². The third kappa shape index (κ3) is 3.41. The number of benzene rings is 2. The molecule has 0 aliphatic carbocycles. The highest BCUT2D eigenvalue weighted by Gasteiger charge is 2.19. The van der Waals surface area contributed by atoms with Crippen LogP contribution in [-0.4, -0.2) is 21.0 Å². The molecule has 1 heterocycles. The van der Waals surface area contributed by atoms with Gasteiger partial charge in [-0.15, -0.1) is 0 Å². The lowest BCUT2D eigenvalue weighted by Gasteiger charge is -2.22. The zero-order valence-electron chi connectivity index (χ0n) is 13.0. The average molecular weight is 344 g/mol. The monoisotopic (exact) mass is 344 g/mol. The first-order chi connectivity index (χ1) is 11.5. The Kier molecular flexibility index (Phi) is 4.26. The van der Waals surface area contributed by atoms with E-state index < -0.39 is 10.1 Å². The third-order valence-corrected chi connectivity index (χ3v) is 4.70. The van der Waals surface area contributed by atoms with Gasteiger partial charge in [-0.05, 0) is 55.0 Å². The van der Waals surface area contributed by atoms with Gasteiger partial charge in [-0.1, -0.05) is 12.1 Å². The Hall–Kier alpha value is -2.80. The first-order valence-electron chi connectivity index (χ1n) is 7.31. The average Bonchev–Trinajstić information content (AvgIpc) is 2.55. The topological polar surface area (TPSA) is 75.7 Å². The summed E-state index contributed by atoms with van der Waals surface area (Å²) >= 11 is 0. The number of anilines is 1. The molecule has 6 nitrogen and oxygen atoms in total. The molecular weight excluding hydrogens is 328 g/mol. The van der Waals surface area contributed by atoms with Gasteiger partial charge >= 0.3 is 16.1 Å². The van der Waals surface area contributed by atoms with Gasteiger partial charge in [0.25, 0.3) is 0 Å². The molecule has 2 aromatic carbocycles. The Bertz CT molecular complexity index is 889. The van der Waals surface area contributed by atoms with E-state index in [-0.39, 0.29) is 16.7 Å². The Balaban J connectivity index is 1.83. The fourth-order valence-electron chi connectivity index (χ4n) is 2.28. The highest BCUT2D eigenvalue weighted by Crippen LogP contribution is 2.23. The molecule has 1 aliphatic rings. The van der Waals surface area contributed by atoms with Gasteiger partial charge in [-0.25, -0.2) is 4.79 Å². The molecule has 0 fully saturated rings. The molecule has 2 amide bonds. The van der Waals surface area contributed by atoms with Crippen LogP contribution in [0.25, 0.3) is 0 Å². The quantitative estimate of drug-likeness (QED) is 0.866. The van der Waals surface area contributed by atoms with Crippen LogP contribution < -0.4 is 14.4 Å². The molecule has 0 saturated carbocycles. The lowest BCUT2D eigenvalue weighted by molar-refractivity contribution is 0.248. The van der Waals surface area contributed by atoms with E-state index in [0.717, 1.165) is 5.56 Å². The molecule has 3 rings (SSSR count). The standard InChI is InChI=1S/C17H16N2O4S/c1-13-4-2-5-15(12-13)23-24(21,22)16-8-6-14(7-9-16)19-11-3-10-18-17(19)20/h2-9,11-12H,10H2,1H3,(H,18,20). The zero-order chi connectivity index (χ0) is 17.2. The molecule has 24 heavy (non-hydrogen) atoms. The van der Waals surface area contributed by atoms with E-state index in [1.807, 2.05) is 13.0 Å². The summed E-state index contributed by atoms with van der Waals surface area (Å²) < 4.78 is 29.8. The van der Waals surface area contributed by atoms with Crippen LogP contribution in [0, 0.1) is 6.92 Å². The van der Waals surface area contributed by atoms with Crippen molar-refractivity contribution in [3.63, 3.8) is 0 Å². The van der Waals surface area contributed by atoms with Crippen LogP contribution in [-0.2, 0) is 10.1 Å². The minimum Gasteiger partial charge on any atom is -0.379 e. The minimum atomic E-state index is -3.93. The van der Waals surface area contributed by atoms with Crippen molar-refractivity contribution >= 4 is 21.8 Å². The van der Waals surface area contributed by atoms with Crippen molar-refractivity contribution in [1.29, 1.82) is 0 Å². The van der Waals surface area contributed by atoms with Crippen molar-refractivity contribution in [2.45, 2.75) is 11.8 Å². The number of nitrogens with zero attached hydrogens (tertiary/aromatic N) is 1. The van der Waals surface area contributed by atoms with Crippen molar-refractivity contribution in [3.8, 4) is 5.75 Å². The summed E-state index contributed by atoms with van der Waals surface area (Å²) in [4.78, 5) is 13.2. The molecule has 0 atom stereocenters. The Morgan fingerprint density at radius 3 is 2.54 bits per heavy atom. The van der Waals surface area contributed by atoms with Gasteiger partial charge in [0.05, 0.1) is 5.69 Å². The molecule has 7 heteroatoms. The summed E-state index contributed by atoms with van der Waals surface area (Å²) in [5.74, 6) is 0.261. The second-order valence-corrected chi connectivity index (χ2v) is 6.84. The van der Waals surface area contributed by atoms with Gasteiger partial charge in [-0.3, -0.25) is 4.90 Å². The summed E-state index contributed by atoms with van der Waals surface area (Å²) in [7, 11) is -3.93. The van der Waals surface area contributed by atoms with Gasteiger partial charge in [0.2, 0.25) is 0 Å². The van der Waals surface area contributed by atoms with Crippen LogP contribution in [0.5, 0.6) is 5.75 Å². The van der Waals surface area contributed by atoms with Crippen LogP contribution in [0.15, 0.2) is 65.7 Å². The summed E-state index contributed by atoms with van der Waals surface area (Å²) in [6.45, 7) is 2.33. The van der Waals surface area contributed by atoms with E-state index >= 15 is 0 Å². The molecule has 0 saturated heterocycles. The van der Waals surface area contributed by atoms with E-state index in [2.05, 4.69) is 5.32 Å². The molecule has 0 unspecified atom stereocenters. The van der Waals surface area contributed by atoms with E-state index in [1.54, 1.807) is 42.6 Å². The lowest BCUT2D eigenvalue weighted by Crippen LogP contribution is -2.39. The highest BCUT2D eigenvalue weighted by molar-refractivity contribution is 7.87. The van der Waals surface area contributed by atoms with Crippen molar-refractivity contribution in [3.05, 3.63) is 66.4 Å². The largest absolute Gasteiger partial charge is 0.379 e. The first-order valence-corrected chi connectivity index (χ1v) is 8.71. The molecule has 0 aromatic heterocycles. The Morgan fingerprint density at radius 1 is 1.12 bits per heavy atom. The van der Waals surface area contributed by atoms with E-state index in [1.165, 1.54) is 17.0 Å². The van der Waals surface area contributed by atoms with Crippen LogP contribution in [0.3, 0.4) is 0 Å². The van der Waals surface area contributed by atoms with Crippen LogP contribution in [0.4, 0.5) is 10.5 Å². The highest BCUT2D eigenvalue weighted by atomic mass is 32.2. The molecule has 124 valence electrons. The number of hydrogen-bond acceptors (Lipinski definition) is 4. The minimum absolute atomic E-state index is 0.0224. The maximum Gasteiger partial charge on any atom is 0.339 e. The second-order valence-electron chi connectivity index (χ2n) is 5.29. The number of carbonyl (C=O) groups is 1. The van der Waals surface area contributed by atoms with Crippen LogP contribution in [0.1, 0.15) is 5.56 Å². The molecule has 1 aliphatic heterocycles. The van der Waals surface area contributed by atoms with Gasteiger partial charge in [0.15, 0.2) is 0 Å². The van der Waals surface area contributed by atoms with Crippen LogP contribution >= 0.6 is 0 Å². The van der Waals surface area contributed by atoms with Crippen molar-refractivity contribution < 1.29 is 17.4 Å². The number of aryl methyl sites for hydroxylation is 1. The third-order valence-electron chi connectivity index (χ3n) is 3.44. The number of hydrogen-bond donors (Lipinski definition) is 1. The predicted octanol–water partition coefficient (Wildman–Crippen LogP) is 2.81. The van der Waals surface area contributed by atoms with Gasteiger partial charge in [0.1, 0.15) is 10.6 Å². The maximum atomic E-state index is 12.3. The zero-order valence-corrected chi connectivity index (χ0v) is 13.8. The summed E-state index contributed by atoms with van der Waals surface area (Å²) in [6, 6.07) is 12.5. The fraction of sp³-hybridized carbons (Fsp3) is 0.118. The number of nitrogens with one attached hydrogen (secondary N) is 1. The number of rotatable bonds is 4. The second kappa shape index (κ2) is 6.37. The molecule has 2 aromatic rings. The SMILES string of the molecule is Cc1cccc(OS(=O)(=O)c2ccc(N3C=CCNC3=O)cc2)c1. The first kappa shape index (κ1) is 16.1. The predicted molar refractivity (Wildman–Crippen MR) is 90.5 cm³/mol. The maximum absolute atomic E-state index is 12.3. The smallest absolute Gasteiger partial charge is 0.339 e. The summed E-state index contributed by atoms with van der Waals surface area (Å²) in [5, 5.41) is 2.67. The lowest BCUT2D eigenvalue weighted by atomic mass is 10.2. The number of amides is 2. The van der Waals surface area contributed by atoms with Crippen molar-refractivity contribution in [1.82, 2.24) is 5.32 Å². The van der Waals surface area contributed by atoms with Gasteiger partial charge < -0.3 is 9.50 Å². The van der Waals surface area contributed by atoms with Gasteiger partial charge in [0, 0.05) is 12.7 Å².